The van der Waals surface area contributed by atoms with Gasteiger partial charge in [-0.3, -0.25) is 0 Å². The smallest absolute Gasteiger partial charge is 0.193 e. The molecule has 2 heterocycles. The molecule has 0 saturated carbocycles. The standard InChI is InChI=1S/C15H28O4Si/c1-14(2,3)20(6,7)19-11-8-9-16-12-10-17-15(4,5)18-13(11)12/h8-9,11-13H,10H2,1-7H3/t11-,12?,13?/m1/s1. The third-order valence-electron chi connectivity index (χ3n) is 4.46. The largest absolute Gasteiger partial charge is 0.493 e. The highest BCUT2D eigenvalue weighted by atomic mass is 28.4. The summed E-state index contributed by atoms with van der Waals surface area (Å²) in [6.07, 6.45) is 3.46. The third kappa shape index (κ3) is 3.27. The summed E-state index contributed by atoms with van der Waals surface area (Å²) in [7, 11) is -1.84. The molecule has 0 spiro atoms. The fraction of sp³-hybridized carbons (Fsp3) is 0.867. The lowest BCUT2D eigenvalue weighted by atomic mass is 10.0. The summed E-state index contributed by atoms with van der Waals surface area (Å²) in [5.41, 5.74) is 0. The Bertz CT molecular complexity index is 384. The fourth-order valence-corrected chi connectivity index (χ4v) is 3.41. The monoisotopic (exact) mass is 300 g/mol. The molecule has 0 aliphatic carbocycles. The van der Waals surface area contributed by atoms with Gasteiger partial charge in [0.25, 0.3) is 0 Å². The van der Waals surface area contributed by atoms with Crippen LogP contribution in [0.2, 0.25) is 18.1 Å². The van der Waals surface area contributed by atoms with Gasteiger partial charge in [-0.2, -0.15) is 0 Å². The molecule has 2 aliphatic heterocycles. The minimum absolute atomic E-state index is 0.0576. The van der Waals surface area contributed by atoms with Gasteiger partial charge >= 0.3 is 0 Å². The van der Waals surface area contributed by atoms with Crippen LogP contribution >= 0.6 is 0 Å². The Morgan fingerprint density at radius 3 is 2.50 bits per heavy atom. The van der Waals surface area contributed by atoms with Crippen LogP contribution in [0, 0.1) is 0 Å². The van der Waals surface area contributed by atoms with E-state index in [4.69, 9.17) is 18.6 Å². The lowest BCUT2D eigenvalue weighted by Gasteiger charge is -2.47. The molecule has 0 bridgehead atoms. The second-order valence-electron chi connectivity index (χ2n) is 7.64. The maximum atomic E-state index is 6.50. The van der Waals surface area contributed by atoms with Crippen molar-refractivity contribution in [3.05, 3.63) is 12.3 Å². The fourth-order valence-electron chi connectivity index (χ4n) is 2.17. The van der Waals surface area contributed by atoms with Crippen molar-refractivity contribution in [3.8, 4) is 0 Å². The highest BCUT2D eigenvalue weighted by molar-refractivity contribution is 6.74. The summed E-state index contributed by atoms with van der Waals surface area (Å²) in [6.45, 7) is 15.7. The lowest BCUT2D eigenvalue weighted by molar-refractivity contribution is -0.317. The van der Waals surface area contributed by atoms with Crippen LogP contribution in [-0.4, -0.2) is 39.0 Å². The van der Waals surface area contributed by atoms with Gasteiger partial charge in [0.05, 0.1) is 19.0 Å². The van der Waals surface area contributed by atoms with Crippen LogP contribution in [0.5, 0.6) is 0 Å². The molecule has 1 fully saturated rings. The van der Waals surface area contributed by atoms with E-state index in [0.29, 0.717) is 6.61 Å². The Labute approximate surface area is 123 Å². The van der Waals surface area contributed by atoms with E-state index < -0.39 is 14.1 Å². The molecule has 0 aromatic rings. The first-order valence-corrected chi connectivity index (χ1v) is 10.2. The van der Waals surface area contributed by atoms with Crippen LogP contribution in [0.3, 0.4) is 0 Å². The summed E-state index contributed by atoms with van der Waals surface area (Å²) in [5.74, 6) is -0.579. The van der Waals surface area contributed by atoms with Crippen LogP contribution in [-0.2, 0) is 18.6 Å². The SMILES string of the molecule is CC1(C)OCC2OC=C[C@@H](O[Si](C)(C)C(C)(C)C)C2O1. The van der Waals surface area contributed by atoms with Gasteiger partial charge in [-0.25, -0.2) is 0 Å². The second kappa shape index (κ2) is 5.12. The van der Waals surface area contributed by atoms with E-state index >= 15 is 0 Å². The first-order chi connectivity index (χ1) is 9.02. The molecule has 2 aliphatic rings. The molecule has 2 unspecified atom stereocenters. The Hall–Kier alpha value is -0.363. The molecule has 116 valence electrons. The summed E-state index contributed by atoms with van der Waals surface area (Å²) < 4.78 is 23.8. The lowest BCUT2D eigenvalue weighted by Crippen LogP contribution is -2.58. The average Bonchev–Trinajstić information content (AvgIpc) is 2.27. The molecule has 20 heavy (non-hydrogen) atoms. The zero-order valence-corrected chi connectivity index (χ0v) is 14.7. The van der Waals surface area contributed by atoms with E-state index in [1.807, 2.05) is 19.9 Å². The van der Waals surface area contributed by atoms with Crippen LogP contribution in [0.1, 0.15) is 34.6 Å². The van der Waals surface area contributed by atoms with Crippen molar-refractivity contribution in [2.75, 3.05) is 6.61 Å². The molecule has 1 saturated heterocycles. The quantitative estimate of drug-likeness (QED) is 0.732. The van der Waals surface area contributed by atoms with Crippen molar-refractivity contribution in [2.45, 2.75) is 76.8 Å². The summed E-state index contributed by atoms with van der Waals surface area (Å²) in [6, 6.07) is 0. The Morgan fingerprint density at radius 1 is 1.25 bits per heavy atom. The zero-order valence-electron chi connectivity index (χ0n) is 13.7. The number of rotatable bonds is 2. The molecule has 5 heteroatoms. The highest BCUT2D eigenvalue weighted by Gasteiger charge is 2.47. The molecule has 0 amide bonds. The van der Waals surface area contributed by atoms with Crippen LogP contribution in [0.15, 0.2) is 12.3 Å². The van der Waals surface area contributed by atoms with Gasteiger partial charge in [0, 0.05) is 0 Å². The molecule has 0 aromatic heterocycles. The predicted octanol–water partition coefficient (Wildman–Crippen LogP) is 3.44. The molecule has 2 rings (SSSR count). The van der Waals surface area contributed by atoms with Gasteiger partial charge in [0.2, 0.25) is 0 Å². The van der Waals surface area contributed by atoms with E-state index in [1.54, 1.807) is 6.26 Å². The highest BCUT2D eigenvalue weighted by Crippen LogP contribution is 2.39. The van der Waals surface area contributed by atoms with Crippen LogP contribution < -0.4 is 0 Å². The Balaban J connectivity index is 2.14. The maximum absolute atomic E-state index is 6.50. The van der Waals surface area contributed by atoms with Crippen LogP contribution in [0.4, 0.5) is 0 Å². The Morgan fingerprint density at radius 2 is 1.90 bits per heavy atom. The summed E-state index contributed by atoms with van der Waals surface area (Å²) in [5, 5.41) is 0.176. The molecular weight excluding hydrogens is 272 g/mol. The van der Waals surface area contributed by atoms with Gasteiger partial charge in [-0.15, -0.1) is 0 Å². The van der Waals surface area contributed by atoms with Crippen molar-refractivity contribution in [1.82, 2.24) is 0 Å². The maximum Gasteiger partial charge on any atom is 0.193 e. The first-order valence-electron chi connectivity index (χ1n) is 7.34. The predicted molar refractivity (Wildman–Crippen MR) is 81.0 cm³/mol. The van der Waals surface area contributed by atoms with Gasteiger partial charge in [-0.05, 0) is 38.1 Å². The van der Waals surface area contributed by atoms with E-state index in [2.05, 4.69) is 33.9 Å². The molecule has 0 radical (unpaired) electrons. The molecule has 0 N–H and O–H groups in total. The van der Waals surface area contributed by atoms with Gasteiger partial charge < -0.3 is 18.6 Å². The topological polar surface area (TPSA) is 36.9 Å². The summed E-state index contributed by atoms with van der Waals surface area (Å²) >= 11 is 0. The first kappa shape index (κ1) is 16.0. The van der Waals surface area contributed by atoms with Crippen molar-refractivity contribution in [1.29, 1.82) is 0 Å². The van der Waals surface area contributed by atoms with E-state index in [-0.39, 0.29) is 23.4 Å². The number of hydrogen-bond donors (Lipinski definition) is 0. The van der Waals surface area contributed by atoms with Gasteiger partial charge in [0.15, 0.2) is 20.2 Å². The average molecular weight is 300 g/mol. The molecular formula is C15H28O4Si. The van der Waals surface area contributed by atoms with Gasteiger partial charge in [-0.1, -0.05) is 20.8 Å². The normalized spacial score (nSPS) is 33.5. The van der Waals surface area contributed by atoms with Crippen molar-refractivity contribution in [3.63, 3.8) is 0 Å². The summed E-state index contributed by atoms with van der Waals surface area (Å²) in [4.78, 5) is 0. The van der Waals surface area contributed by atoms with E-state index in [0.717, 1.165) is 0 Å². The van der Waals surface area contributed by atoms with E-state index in [1.165, 1.54) is 0 Å². The number of hydrogen-bond acceptors (Lipinski definition) is 4. The number of ether oxygens (including phenoxy) is 3. The van der Waals surface area contributed by atoms with Crippen molar-refractivity contribution >= 4 is 8.32 Å². The number of fused-ring (bicyclic) bond motifs is 1. The third-order valence-corrected chi connectivity index (χ3v) is 8.94. The van der Waals surface area contributed by atoms with Gasteiger partial charge in [0.1, 0.15) is 6.10 Å². The van der Waals surface area contributed by atoms with Crippen molar-refractivity contribution in [2.24, 2.45) is 0 Å². The zero-order chi connectivity index (χ0) is 15.2. The second-order valence-corrected chi connectivity index (χ2v) is 12.4. The molecule has 4 nitrogen and oxygen atoms in total. The van der Waals surface area contributed by atoms with E-state index in [9.17, 15) is 0 Å². The molecule has 0 aromatic carbocycles. The molecule has 3 atom stereocenters. The van der Waals surface area contributed by atoms with Crippen LogP contribution in [0.25, 0.3) is 0 Å². The minimum atomic E-state index is -1.84. The van der Waals surface area contributed by atoms with Crippen molar-refractivity contribution < 1.29 is 18.6 Å². The Kier molecular flexibility index (Phi) is 4.10. The minimum Gasteiger partial charge on any atom is -0.493 e.